The first-order chi connectivity index (χ1) is 21.5. The van der Waals surface area contributed by atoms with Gasteiger partial charge in [0.2, 0.25) is 5.88 Å². The highest BCUT2D eigenvalue weighted by Gasteiger charge is 2.17. The number of amides is 1. The predicted octanol–water partition coefficient (Wildman–Crippen LogP) is 4.41. The number of aromatic nitrogens is 3. The molecule has 0 radical (unpaired) electrons. The van der Waals surface area contributed by atoms with Crippen LogP contribution in [0.25, 0.3) is 33.5 Å². The summed E-state index contributed by atoms with van der Waals surface area (Å²) >= 11 is 0. The van der Waals surface area contributed by atoms with E-state index in [4.69, 9.17) is 9.84 Å². The molecule has 1 aliphatic rings. The molecular formula is C34H36N6O4. The van der Waals surface area contributed by atoms with Gasteiger partial charge in [0.1, 0.15) is 11.6 Å². The minimum atomic E-state index is -0.218. The number of aliphatic hydroxyl groups is 1. The van der Waals surface area contributed by atoms with E-state index in [0.29, 0.717) is 33.9 Å². The molecule has 4 N–H and O–H groups in total. The van der Waals surface area contributed by atoms with Crippen LogP contribution in [0.1, 0.15) is 15.9 Å². The van der Waals surface area contributed by atoms with Gasteiger partial charge in [-0.05, 0) is 72.1 Å². The number of β-amino-alcohol motifs (C(OH)–C–C–N with tert-alkyl or cyclic N) is 1. The van der Waals surface area contributed by atoms with Crippen molar-refractivity contribution in [3.05, 3.63) is 90.1 Å². The summed E-state index contributed by atoms with van der Waals surface area (Å²) in [6.07, 6.45) is 2.61. The zero-order valence-electron chi connectivity index (χ0n) is 24.7. The smallest absolute Gasteiger partial charge is 0.255 e. The van der Waals surface area contributed by atoms with Gasteiger partial charge in [-0.15, -0.1) is 0 Å². The number of nitrogens with zero attached hydrogens (tertiary/aromatic N) is 4. The molecule has 1 saturated heterocycles. The van der Waals surface area contributed by atoms with Crippen LogP contribution in [0.15, 0.2) is 79.0 Å². The Labute approximate surface area is 256 Å². The number of aromatic amines is 1. The standard InChI is InChI=1S/C34H36N6O4/c1-44-34-27(3-2-13-35-34)24-7-11-31(42)28(21-24)32-37-29-10-6-25(22-30(29)38-32)33(43)36-26-8-4-23(5-9-26)12-14-39-15-17-40(18-16-39)19-20-41/h2-11,13,21-22,41-42H,12,14-20H2,1H3,(H,36,43)(H,37,38). The third-order valence-corrected chi connectivity index (χ3v) is 8.08. The van der Waals surface area contributed by atoms with Crippen molar-refractivity contribution in [1.82, 2.24) is 24.8 Å². The van der Waals surface area contributed by atoms with Crippen LogP contribution >= 0.6 is 0 Å². The molecule has 1 aliphatic heterocycles. The lowest BCUT2D eigenvalue weighted by Crippen LogP contribution is -2.47. The van der Waals surface area contributed by atoms with E-state index < -0.39 is 0 Å². The zero-order chi connectivity index (χ0) is 30.5. The van der Waals surface area contributed by atoms with Gasteiger partial charge >= 0.3 is 0 Å². The van der Waals surface area contributed by atoms with Crippen LogP contribution in [0.3, 0.4) is 0 Å². The molecule has 0 saturated carbocycles. The van der Waals surface area contributed by atoms with E-state index in [-0.39, 0.29) is 18.3 Å². The highest BCUT2D eigenvalue weighted by Crippen LogP contribution is 2.35. The molecule has 1 fully saturated rings. The summed E-state index contributed by atoms with van der Waals surface area (Å²) < 4.78 is 5.41. The van der Waals surface area contributed by atoms with Gasteiger partial charge in [-0.3, -0.25) is 9.69 Å². The molecule has 0 atom stereocenters. The molecular weight excluding hydrogens is 556 g/mol. The highest BCUT2D eigenvalue weighted by atomic mass is 16.5. The van der Waals surface area contributed by atoms with E-state index >= 15 is 0 Å². The number of imidazole rings is 1. The Kier molecular flexibility index (Phi) is 8.83. The third-order valence-electron chi connectivity index (χ3n) is 8.08. The van der Waals surface area contributed by atoms with Crippen molar-refractivity contribution in [3.63, 3.8) is 0 Å². The Morgan fingerprint density at radius 3 is 2.48 bits per heavy atom. The number of hydrogen-bond acceptors (Lipinski definition) is 8. The number of hydrogen-bond donors (Lipinski definition) is 4. The van der Waals surface area contributed by atoms with Crippen LogP contribution < -0.4 is 10.1 Å². The molecule has 1 amide bonds. The van der Waals surface area contributed by atoms with Gasteiger partial charge in [-0.2, -0.15) is 0 Å². The van der Waals surface area contributed by atoms with Crippen LogP contribution in [-0.4, -0.2) is 93.9 Å². The number of H-pyrrole nitrogens is 1. The fourth-order valence-corrected chi connectivity index (χ4v) is 5.57. The van der Waals surface area contributed by atoms with Crippen molar-refractivity contribution < 1.29 is 19.7 Å². The van der Waals surface area contributed by atoms with Crippen molar-refractivity contribution >= 4 is 22.6 Å². The Balaban J connectivity index is 1.11. The molecule has 2 aromatic heterocycles. The summed E-state index contributed by atoms with van der Waals surface area (Å²) in [5.74, 6) is 0.841. The largest absolute Gasteiger partial charge is 0.507 e. The summed E-state index contributed by atoms with van der Waals surface area (Å²) in [6.45, 7) is 5.98. The van der Waals surface area contributed by atoms with E-state index in [0.717, 1.165) is 62.5 Å². The molecule has 10 nitrogen and oxygen atoms in total. The minimum Gasteiger partial charge on any atom is -0.507 e. The molecule has 6 rings (SSSR count). The Morgan fingerprint density at radius 2 is 1.73 bits per heavy atom. The summed E-state index contributed by atoms with van der Waals surface area (Å²) in [7, 11) is 1.57. The lowest BCUT2D eigenvalue weighted by molar-refractivity contribution is 0.102. The van der Waals surface area contributed by atoms with Crippen LogP contribution in [0.2, 0.25) is 0 Å². The van der Waals surface area contributed by atoms with E-state index in [9.17, 15) is 9.90 Å². The van der Waals surface area contributed by atoms with Gasteiger partial charge in [-0.25, -0.2) is 9.97 Å². The van der Waals surface area contributed by atoms with E-state index in [1.165, 1.54) is 5.56 Å². The van der Waals surface area contributed by atoms with Crippen molar-refractivity contribution in [2.75, 3.05) is 58.3 Å². The maximum atomic E-state index is 13.1. The Morgan fingerprint density at radius 1 is 0.955 bits per heavy atom. The highest BCUT2D eigenvalue weighted by molar-refractivity contribution is 6.06. The number of piperazine rings is 1. The second-order valence-corrected chi connectivity index (χ2v) is 10.9. The quantitative estimate of drug-likeness (QED) is 0.188. The van der Waals surface area contributed by atoms with Crippen LogP contribution in [-0.2, 0) is 6.42 Å². The van der Waals surface area contributed by atoms with Gasteiger partial charge in [0.05, 0.1) is 30.3 Å². The van der Waals surface area contributed by atoms with Crippen molar-refractivity contribution in [2.24, 2.45) is 0 Å². The van der Waals surface area contributed by atoms with Crippen LogP contribution in [0, 0.1) is 0 Å². The number of rotatable bonds is 10. The molecule has 0 aliphatic carbocycles. The molecule has 3 heterocycles. The molecule has 0 spiro atoms. The average molecular weight is 593 g/mol. The maximum absolute atomic E-state index is 13.1. The molecule has 44 heavy (non-hydrogen) atoms. The van der Waals surface area contributed by atoms with Crippen molar-refractivity contribution in [2.45, 2.75) is 6.42 Å². The second-order valence-electron chi connectivity index (χ2n) is 10.9. The second kappa shape index (κ2) is 13.3. The van der Waals surface area contributed by atoms with Crippen molar-refractivity contribution in [3.8, 4) is 34.1 Å². The first-order valence-corrected chi connectivity index (χ1v) is 14.8. The number of carbonyl (C=O) groups excluding carboxylic acids is 1. The SMILES string of the molecule is COc1ncccc1-c1ccc(O)c(-c2nc3ccc(C(=O)Nc4ccc(CCN5CCN(CCO)CC5)cc4)cc3[nH]2)c1. The number of methoxy groups -OCH3 is 1. The predicted molar refractivity (Wildman–Crippen MR) is 171 cm³/mol. The van der Waals surface area contributed by atoms with Gasteiger partial charge in [0.25, 0.3) is 5.91 Å². The number of carbonyl (C=O) groups is 1. The topological polar surface area (TPSA) is 127 Å². The maximum Gasteiger partial charge on any atom is 0.255 e. The molecule has 0 bridgehead atoms. The first-order valence-electron chi connectivity index (χ1n) is 14.8. The fourth-order valence-electron chi connectivity index (χ4n) is 5.57. The van der Waals surface area contributed by atoms with E-state index in [1.54, 1.807) is 43.6 Å². The zero-order valence-corrected chi connectivity index (χ0v) is 24.7. The number of fused-ring (bicyclic) bond motifs is 1. The summed E-state index contributed by atoms with van der Waals surface area (Å²) in [4.78, 5) is 30.1. The van der Waals surface area contributed by atoms with Gasteiger partial charge in [0, 0.05) is 62.3 Å². The molecule has 10 heteroatoms. The molecule has 226 valence electrons. The number of phenols is 1. The van der Waals surface area contributed by atoms with E-state index in [1.807, 2.05) is 30.3 Å². The monoisotopic (exact) mass is 592 g/mol. The minimum absolute atomic E-state index is 0.0812. The fraction of sp³-hybridized carbons (Fsp3) is 0.265. The summed E-state index contributed by atoms with van der Waals surface area (Å²) in [5, 5.41) is 22.8. The van der Waals surface area contributed by atoms with Crippen molar-refractivity contribution in [1.29, 1.82) is 0 Å². The summed E-state index contributed by atoms with van der Waals surface area (Å²) in [6, 6.07) is 22.3. The third kappa shape index (κ3) is 6.57. The molecule has 0 unspecified atom stereocenters. The summed E-state index contributed by atoms with van der Waals surface area (Å²) in [5.41, 5.74) is 5.97. The Bertz CT molecular complexity index is 1750. The molecule has 3 aromatic carbocycles. The number of pyridine rings is 1. The van der Waals surface area contributed by atoms with Gasteiger partial charge in [0.15, 0.2) is 0 Å². The number of benzene rings is 3. The van der Waals surface area contributed by atoms with E-state index in [2.05, 4.69) is 42.2 Å². The van der Waals surface area contributed by atoms with Gasteiger partial charge < -0.3 is 30.2 Å². The number of aliphatic hydroxyl groups excluding tert-OH is 1. The average Bonchev–Trinajstić information content (AvgIpc) is 3.49. The normalized spacial score (nSPS) is 14.1. The Hall–Kier alpha value is -4.77. The first kappa shape index (κ1) is 29.3. The van der Waals surface area contributed by atoms with Crippen LogP contribution in [0.4, 0.5) is 5.69 Å². The lowest BCUT2D eigenvalue weighted by Gasteiger charge is -2.34. The lowest BCUT2D eigenvalue weighted by atomic mass is 10.0. The van der Waals surface area contributed by atoms with Crippen LogP contribution in [0.5, 0.6) is 11.6 Å². The number of ether oxygens (including phenoxy) is 1. The number of phenolic OH excluding ortho intramolecular Hbond substituents is 1. The number of anilines is 1. The number of aromatic hydroxyl groups is 1. The molecule has 5 aromatic rings. The number of nitrogens with one attached hydrogen (secondary N) is 2. The van der Waals surface area contributed by atoms with Gasteiger partial charge in [-0.1, -0.05) is 18.2 Å².